The molecule has 0 spiro atoms. The highest BCUT2D eigenvalue weighted by Gasteiger charge is 2.23. The molecule has 1 aromatic carbocycles. The van der Waals surface area contributed by atoms with E-state index >= 15 is 0 Å². The number of carbonyl (C=O) groups excluding carboxylic acids is 2. The zero-order chi connectivity index (χ0) is 21.5. The lowest BCUT2D eigenvalue weighted by atomic mass is 10.1. The minimum Gasteiger partial charge on any atom is -0.483 e. The van der Waals surface area contributed by atoms with Crippen LogP contribution in [0.5, 0.6) is 5.75 Å². The molecule has 31 heavy (non-hydrogen) atoms. The van der Waals surface area contributed by atoms with Crippen LogP contribution in [0.4, 0.5) is 0 Å². The van der Waals surface area contributed by atoms with Crippen LogP contribution in [0.3, 0.4) is 0 Å². The zero-order valence-electron chi connectivity index (χ0n) is 18.6. The summed E-state index contributed by atoms with van der Waals surface area (Å²) in [6.07, 6.45) is 5.73. The number of rotatable bonds is 7. The molecule has 0 radical (unpaired) electrons. The van der Waals surface area contributed by atoms with Crippen LogP contribution in [0.2, 0.25) is 0 Å². The maximum atomic E-state index is 12.5. The van der Waals surface area contributed by atoms with Crippen molar-refractivity contribution < 1.29 is 14.3 Å². The third-order valence-electron chi connectivity index (χ3n) is 6.71. The molecule has 0 atom stereocenters. The second-order valence-corrected chi connectivity index (χ2v) is 8.98. The van der Waals surface area contributed by atoms with Gasteiger partial charge < -0.3 is 14.5 Å². The monoisotopic (exact) mass is 428 g/mol. The molecule has 1 aromatic rings. The maximum Gasteiger partial charge on any atom is 0.260 e. The van der Waals surface area contributed by atoms with Gasteiger partial charge in [-0.05, 0) is 38.2 Å². The highest BCUT2D eigenvalue weighted by molar-refractivity contribution is 5.78. The fourth-order valence-electron chi connectivity index (χ4n) is 4.75. The zero-order valence-corrected chi connectivity index (χ0v) is 18.6. The van der Waals surface area contributed by atoms with E-state index < -0.39 is 0 Å². The number of hydrogen-bond acceptors (Lipinski definition) is 5. The van der Waals surface area contributed by atoms with E-state index in [2.05, 4.69) is 15.9 Å². The molecule has 3 aliphatic heterocycles. The molecule has 0 N–H and O–H groups in total. The fraction of sp³-hybridized carbons (Fsp3) is 0.667. The van der Waals surface area contributed by atoms with Crippen LogP contribution in [-0.4, -0.2) is 96.9 Å². The SMILES string of the molecule is O=C(COc1ccccc1CN1CCN(CC(=O)N2CCCCC2)CC1)N1CCCC1. The fourth-order valence-corrected chi connectivity index (χ4v) is 4.75. The highest BCUT2D eigenvalue weighted by Crippen LogP contribution is 2.21. The molecular weight excluding hydrogens is 392 g/mol. The average Bonchev–Trinajstić information content (AvgIpc) is 3.35. The quantitative estimate of drug-likeness (QED) is 0.663. The summed E-state index contributed by atoms with van der Waals surface area (Å²) in [4.78, 5) is 33.5. The minimum absolute atomic E-state index is 0.0827. The molecule has 3 saturated heterocycles. The number of carbonyl (C=O) groups is 2. The van der Waals surface area contributed by atoms with Gasteiger partial charge in [-0.3, -0.25) is 19.4 Å². The third-order valence-corrected chi connectivity index (χ3v) is 6.71. The largest absolute Gasteiger partial charge is 0.483 e. The molecule has 3 aliphatic rings. The van der Waals surface area contributed by atoms with E-state index in [1.165, 1.54) is 6.42 Å². The van der Waals surface area contributed by atoms with Crippen LogP contribution in [0.15, 0.2) is 24.3 Å². The average molecular weight is 429 g/mol. The normalized spacial score (nSPS) is 20.8. The smallest absolute Gasteiger partial charge is 0.260 e. The Balaban J connectivity index is 1.23. The standard InChI is InChI=1S/C24H36N4O3/c29-23(27-10-4-1-5-11-27)19-26-16-14-25(15-17-26)18-21-8-2-3-9-22(21)31-20-24(30)28-12-6-7-13-28/h2-3,8-9H,1,4-7,10-20H2. The minimum atomic E-state index is 0.0827. The van der Waals surface area contributed by atoms with E-state index in [0.717, 1.165) is 95.9 Å². The Labute approximate surface area is 185 Å². The van der Waals surface area contributed by atoms with E-state index in [9.17, 15) is 9.59 Å². The van der Waals surface area contributed by atoms with E-state index in [1.807, 2.05) is 28.0 Å². The second-order valence-electron chi connectivity index (χ2n) is 8.98. The van der Waals surface area contributed by atoms with Gasteiger partial charge >= 0.3 is 0 Å². The van der Waals surface area contributed by atoms with Crippen molar-refractivity contribution in [2.24, 2.45) is 0 Å². The van der Waals surface area contributed by atoms with Gasteiger partial charge in [0.25, 0.3) is 5.91 Å². The van der Waals surface area contributed by atoms with Crippen LogP contribution in [0.1, 0.15) is 37.7 Å². The van der Waals surface area contributed by atoms with Gasteiger partial charge in [0.05, 0.1) is 6.54 Å². The van der Waals surface area contributed by atoms with Crippen molar-refractivity contribution in [3.05, 3.63) is 29.8 Å². The molecule has 0 unspecified atom stereocenters. The molecule has 170 valence electrons. The molecule has 0 aromatic heterocycles. The van der Waals surface area contributed by atoms with Crippen molar-refractivity contribution in [2.75, 3.05) is 65.5 Å². The second kappa shape index (κ2) is 11.0. The Kier molecular flexibility index (Phi) is 7.81. The summed E-state index contributed by atoms with van der Waals surface area (Å²) in [5.41, 5.74) is 1.12. The van der Waals surface area contributed by atoms with E-state index in [-0.39, 0.29) is 18.4 Å². The van der Waals surface area contributed by atoms with Gasteiger partial charge in [0, 0.05) is 64.5 Å². The van der Waals surface area contributed by atoms with Gasteiger partial charge in [-0.1, -0.05) is 18.2 Å². The first-order valence-corrected chi connectivity index (χ1v) is 11.9. The van der Waals surface area contributed by atoms with Crippen LogP contribution in [-0.2, 0) is 16.1 Å². The van der Waals surface area contributed by atoms with Gasteiger partial charge in [-0.25, -0.2) is 0 Å². The molecule has 4 rings (SSSR count). The molecule has 3 heterocycles. The topological polar surface area (TPSA) is 56.3 Å². The molecule has 0 saturated carbocycles. The molecule has 2 amide bonds. The number of nitrogens with zero attached hydrogens (tertiary/aromatic N) is 4. The number of likely N-dealkylation sites (tertiary alicyclic amines) is 2. The number of amides is 2. The van der Waals surface area contributed by atoms with Crippen LogP contribution in [0, 0.1) is 0 Å². The Hall–Kier alpha value is -2.12. The van der Waals surface area contributed by atoms with E-state index in [0.29, 0.717) is 6.54 Å². The first-order chi connectivity index (χ1) is 15.2. The number of benzene rings is 1. The van der Waals surface area contributed by atoms with Gasteiger partial charge in [0.15, 0.2) is 6.61 Å². The summed E-state index contributed by atoms with van der Waals surface area (Å²) in [7, 11) is 0. The van der Waals surface area contributed by atoms with Crippen LogP contribution in [0.25, 0.3) is 0 Å². The van der Waals surface area contributed by atoms with Crippen molar-refractivity contribution in [2.45, 2.75) is 38.6 Å². The summed E-state index contributed by atoms with van der Waals surface area (Å²) >= 11 is 0. The molecule has 3 fully saturated rings. The summed E-state index contributed by atoms with van der Waals surface area (Å²) in [5.74, 6) is 1.17. The molecule has 7 nitrogen and oxygen atoms in total. The number of hydrogen-bond donors (Lipinski definition) is 0. The first kappa shape index (κ1) is 22.1. The van der Waals surface area contributed by atoms with E-state index in [1.54, 1.807) is 0 Å². The molecule has 7 heteroatoms. The summed E-state index contributed by atoms with van der Waals surface area (Å²) in [5, 5.41) is 0. The highest BCUT2D eigenvalue weighted by atomic mass is 16.5. The Morgan fingerprint density at radius 3 is 2.00 bits per heavy atom. The maximum absolute atomic E-state index is 12.5. The molecule has 0 bridgehead atoms. The Morgan fingerprint density at radius 1 is 0.710 bits per heavy atom. The van der Waals surface area contributed by atoms with Crippen LogP contribution >= 0.6 is 0 Å². The van der Waals surface area contributed by atoms with E-state index in [4.69, 9.17) is 4.74 Å². The molecular formula is C24H36N4O3. The summed E-state index contributed by atoms with van der Waals surface area (Å²) in [6.45, 7) is 8.74. The van der Waals surface area contributed by atoms with Crippen molar-refractivity contribution >= 4 is 11.8 Å². The molecule has 0 aliphatic carbocycles. The van der Waals surface area contributed by atoms with Crippen molar-refractivity contribution in [1.82, 2.24) is 19.6 Å². The Morgan fingerprint density at radius 2 is 1.29 bits per heavy atom. The Bertz CT molecular complexity index is 736. The lowest BCUT2D eigenvalue weighted by Crippen LogP contribution is -2.50. The lowest BCUT2D eigenvalue weighted by Gasteiger charge is -2.36. The van der Waals surface area contributed by atoms with Crippen molar-refractivity contribution in [3.63, 3.8) is 0 Å². The lowest BCUT2D eigenvalue weighted by molar-refractivity contribution is -0.134. The summed E-state index contributed by atoms with van der Waals surface area (Å²) < 4.78 is 5.92. The van der Waals surface area contributed by atoms with Crippen molar-refractivity contribution in [3.8, 4) is 5.75 Å². The van der Waals surface area contributed by atoms with Crippen molar-refractivity contribution in [1.29, 1.82) is 0 Å². The number of piperazine rings is 1. The predicted molar refractivity (Wildman–Crippen MR) is 120 cm³/mol. The van der Waals surface area contributed by atoms with Gasteiger partial charge in [0.1, 0.15) is 5.75 Å². The third kappa shape index (κ3) is 6.20. The summed E-state index contributed by atoms with van der Waals surface area (Å²) in [6, 6.07) is 8.03. The van der Waals surface area contributed by atoms with Gasteiger partial charge in [-0.15, -0.1) is 0 Å². The van der Waals surface area contributed by atoms with Gasteiger partial charge in [0.2, 0.25) is 5.91 Å². The number of para-hydroxylation sites is 1. The van der Waals surface area contributed by atoms with Crippen LogP contribution < -0.4 is 4.74 Å². The number of piperidine rings is 1. The first-order valence-electron chi connectivity index (χ1n) is 11.9. The predicted octanol–water partition coefficient (Wildman–Crippen LogP) is 1.82. The number of ether oxygens (including phenoxy) is 1. The van der Waals surface area contributed by atoms with Gasteiger partial charge in [-0.2, -0.15) is 0 Å².